The van der Waals surface area contributed by atoms with Crippen LogP contribution in [0.2, 0.25) is 0 Å². The number of anilines is 1. The van der Waals surface area contributed by atoms with E-state index in [-0.39, 0.29) is 18.1 Å². The number of aromatic nitrogens is 1. The van der Waals surface area contributed by atoms with E-state index >= 15 is 0 Å². The first-order valence-corrected chi connectivity index (χ1v) is 9.88. The summed E-state index contributed by atoms with van der Waals surface area (Å²) in [5, 5.41) is 1.50. The molecule has 0 radical (unpaired) electrons. The Kier molecular flexibility index (Phi) is 7.59. The molecule has 33 heavy (non-hydrogen) atoms. The third-order valence-corrected chi connectivity index (χ3v) is 4.78. The predicted molar refractivity (Wildman–Crippen MR) is 108 cm³/mol. The molecule has 1 aromatic heterocycles. The van der Waals surface area contributed by atoms with E-state index in [0.29, 0.717) is 37.7 Å². The van der Waals surface area contributed by atoms with E-state index in [1.807, 2.05) is 0 Å². The van der Waals surface area contributed by atoms with Crippen LogP contribution in [0.3, 0.4) is 0 Å². The van der Waals surface area contributed by atoms with Crippen molar-refractivity contribution < 1.29 is 36.7 Å². The van der Waals surface area contributed by atoms with Gasteiger partial charge in [0.1, 0.15) is 5.82 Å². The molecule has 3 rings (SSSR count). The van der Waals surface area contributed by atoms with Crippen LogP contribution in [0.1, 0.15) is 16.1 Å². The van der Waals surface area contributed by atoms with Crippen LogP contribution in [0.15, 0.2) is 42.6 Å². The van der Waals surface area contributed by atoms with E-state index in [1.165, 1.54) is 46.6 Å². The molecular formula is C21H20F4N4O4. The number of carbonyl (C=O) groups excluding carboxylic acids is 3. The molecule has 12 heteroatoms. The van der Waals surface area contributed by atoms with Crippen molar-refractivity contribution in [1.82, 2.24) is 15.2 Å². The van der Waals surface area contributed by atoms with Gasteiger partial charge in [-0.05, 0) is 36.4 Å². The van der Waals surface area contributed by atoms with Gasteiger partial charge in [-0.25, -0.2) is 9.18 Å². The second-order valence-electron chi connectivity index (χ2n) is 7.09. The Bertz CT molecular complexity index is 991. The van der Waals surface area contributed by atoms with E-state index in [2.05, 4.69) is 4.98 Å². The molecule has 2 heterocycles. The standard InChI is InChI=1S/C21H20F4N4O4/c22-15-2-5-17(6-3-15)29(20(32)28-7-9-33-10-8-28)13-16-4-1-14(11-26-16)18(30)12-27-19(31)21(23,24)25/h1-6,11H,7-10,12-13H2,(H,27,31). The summed E-state index contributed by atoms with van der Waals surface area (Å²) >= 11 is 0. The monoisotopic (exact) mass is 468 g/mol. The van der Waals surface area contributed by atoms with Crippen LogP contribution >= 0.6 is 0 Å². The van der Waals surface area contributed by atoms with Crippen molar-refractivity contribution >= 4 is 23.4 Å². The lowest BCUT2D eigenvalue weighted by Gasteiger charge is -2.33. The van der Waals surface area contributed by atoms with Gasteiger partial charge in [0.25, 0.3) is 0 Å². The summed E-state index contributed by atoms with van der Waals surface area (Å²) in [6.07, 6.45) is -3.93. The highest BCUT2D eigenvalue weighted by Crippen LogP contribution is 2.20. The highest BCUT2D eigenvalue weighted by Gasteiger charge is 2.38. The Hall–Kier alpha value is -3.54. The van der Waals surface area contributed by atoms with Crippen LogP contribution in [-0.4, -0.2) is 66.6 Å². The molecule has 8 nitrogen and oxygen atoms in total. The smallest absolute Gasteiger partial charge is 0.378 e. The minimum Gasteiger partial charge on any atom is -0.378 e. The van der Waals surface area contributed by atoms with E-state index in [1.54, 1.807) is 4.90 Å². The Balaban J connectivity index is 1.72. The van der Waals surface area contributed by atoms with Crippen LogP contribution in [0, 0.1) is 5.82 Å². The number of benzene rings is 1. The van der Waals surface area contributed by atoms with Gasteiger partial charge in [-0.15, -0.1) is 0 Å². The fourth-order valence-electron chi connectivity index (χ4n) is 3.02. The number of hydrogen-bond donors (Lipinski definition) is 1. The summed E-state index contributed by atoms with van der Waals surface area (Å²) in [5.41, 5.74) is 0.815. The average molecular weight is 468 g/mol. The highest BCUT2D eigenvalue weighted by atomic mass is 19.4. The predicted octanol–water partition coefficient (Wildman–Crippen LogP) is 2.54. The van der Waals surface area contributed by atoms with Crippen LogP contribution in [0.5, 0.6) is 0 Å². The third kappa shape index (κ3) is 6.48. The molecule has 1 N–H and O–H groups in total. The molecule has 0 atom stereocenters. The van der Waals surface area contributed by atoms with Gasteiger partial charge < -0.3 is 15.0 Å². The first-order chi connectivity index (χ1) is 15.6. The molecular weight excluding hydrogens is 448 g/mol. The van der Waals surface area contributed by atoms with Gasteiger partial charge in [0.2, 0.25) is 0 Å². The summed E-state index contributed by atoms with van der Waals surface area (Å²) in [6, 6.07) is 7.80. The number of Topliss-reactive ketones (excluding diaryl/α,β-unsaturated/α-hetero) is 1. The molecule has 176 valence electrons. The van der Waals surface area contributed by atoms with E-state index in [0.717, 1.165) is 6.20 Å². The molecule has 0 spiro atoms. The van der Waals surface area contributed by atoms with Crippen LogP contribution in [0.25, 0.3) is 0 Å². The summed E-state index contributed by atoms with van der Waals surface area (Å²) in [7, 11) is 0. The second kappa shape index (κ2) is 10.4. The van der Waals surface area contributed by atoms with Crippen LogP contribution < -0.4 is 10.2 Å². The molecule has 0 saturated carbocycles. The summed E-state index contributed by atoms with van der Waals surface area (Å²) in [5.74, 6) is -3.43. The zero-order valence-corrected chi connectivity index (χ0v) is 17.3. The minimum atomic E-state index is -5.08. The lowest BCUT2D eigenvalue weighted by atomic mass is 10.1. The van der Waals surface area contributed by atoms with Gasteiger partial charge >= 0.3 is 18.1 Å². The number of ether oxygens (including phenoxy) is 1. The fourth-order valence-corrected chi connectivity index (χ4v) is 3.02. The lowest BCUT2D eigenvalue weighted by Crippen LogP contribution is -2.48. The largest absolute Gasteiger partial charge is 0.471 e. The minimum absolute atomic E-state index is 0.00109. The number of halogens is 4. The molecule has 1 fully saturated rings. The van der Waals surface area contributed by atoms with Crippen molar-refractivity contribution in [2.24, 2.45) is 0 Å². The number of ketones is 1. The number of urea groups is 1. The Morgan fingerprint density at radius 3 is 2.30 bits per heavy atom. The van der Waals surface area contributed by atoms with Crippen molar-refractivity contribution in [1.29, 1.82) is 0 Å². The molecule has 2 aromatic rings. The van der Waals surface area contributed by atoms with Gasteiger partial charge in [0.05, 0.1) is 32.0 Å². The molecule has 1 aliphatic rings. The van der Waals surface area contributed by atoms with Crippen LogP contribution in [-0.2, 0) is 16.1 Å². The first kappa shape index (κ1) is 24.1. The molecule has 1 saturated heterocycles. The summed E-state index contributed by atoms with van der Waals surface area (Å²) in [4.78, 5) is 43.1. The summed E-state index contributed by atoms with van der Waals surface area (Å²) < 4.78 is 55.3. The zero-order chi connectivity index (χ0) is 24.0. The normalized spacial score (nSPS) is 14.0. The molecule has 0 bridgehead atoms. The van der Waals surface area contributed by atoms with Gasteiger partial charge in [0, 0.05) is 30.5 Å². The third-order valence-electron chi connectivity index (χ3n) is 4.78. The molecule has 1 aliphatic heterocycles. The molecule has 1 aromatic carbocycles. The number of amides is 3. The van der Waals surface area contributed by atoms with E-state index < -0.39 is 30.2 Å². The quantitative estimate of drug-likeness (QED) is 0.520. The fraction of sp³-hybridized carbons (Fsp3) is 0.333. The Labute approximate surface area is 186 Å². The van der Waals surface area contributed by atoms with Crippen molar-refractivity contribution in [3.05, 3.63) is 59.7 Å². The number of nitrogens with zero attached hydrogens (tertiary/aromatic N) is 3. The number of morpholine rings is 1. The summed E-state index contributed by atoms with van der Waals surface area (Å²) in [6.45, 7) is 0.728. The topological polar surface area (TPSA) is 91.8 Å². The first-order valence-electron chi connectivity index (χ1n) is 9.88. The maximum atomic E-state index is 13.4. The second-order valence-corrected chi connectivity index (χ2v) is 7.09. The maximum Gasteiger partial charge on any atom is 0.471 e. The highest BCUT2D eigenvalue weighted by molar-refractivity contribution is 5.99. The molecule has 0 unspecified atom stereocenters. The Morgan fingerprint density at radius 1 is 1.06 bits per heavy atom. The van der Waals surface area contributed by atoms with Crippen molar-refractivity contribution in [3.63, 3.8) is 0 Å². The van der Waals surface area contributed by atoms with Gasteiger partial charge in [-0.1, -0.05) is 0 Å². The number of nitrogens with one attached hydrogen (secondary N) is 1. The maximum absolute atomic E-state index is 13.4. The number of carbonyl (C=O) groups is 3. The number of alkyl halides is 3. The van der Waals surface area contributed by atoms with Crippen molar-refractivity contribution in [2.75, 3.05) is 37.7 Å². The van der Waals surface area contributed by atoms with E-state index in [4.69, 9.17) is 4.74 Å². The van der Waals surface area contributed by atoms with Crippen molar-refractivity contribution in [2.45, 2.75) is 12.7 Å². The molecule has 3 amide bonds. The number of rotatable bonds is 6. The molecule has 0 aliphatic carbocycles. The van der Waals surface area contributed by atoms with Crippen molar-refractivity contribution in [3.8, 4) is 0 Å². The number of hydrogen-bond acceptors (Lipinski definition) is 5. The lowest BCUT2D eigenvalue weighted by molar-refractivity contribution is -0.173. The Morgan fingerprint density at radius 2 is 1.73 bits per heavy atom. The average Bonchev–Trinajstić information content (AvgIpc) is 2.81. The number of pyridine rings is 1. The zero-order valence-electron chi connectivity index (χ0n) is 17.3. The SMILES string of the molecule is O=C(CNC(=O)C(F)(F)F)c1ccc(CN(C(=O)N2CCOCC2)c2ccc(F)cc2)nc1. The van der Waals surface area contributed by atoms with Crippen LogP contribution in [0.4, 0.5) is 28.0 Å². The van der Waals surface area contributed by atoms with E-state index in [9.17, 15) is 31.9 Å². The van der Waals surface area contributed by atoms with Gasteiger partial charge in [-0.2, -0.15) is 13.2 Å². The van der Waals surface area contributed by atoms with Gasteiger partial charge in [-0.3, -0.25) is 19.5 Å². The van der Waals surface area contributed by atoms with Gasteiger partial charge in [0.15, 0.2) is 5.78 Å².